The standard InChI is InChI=1S/C42H43N3O7/c1-50-32-16-13-29(14-17-32)39(47)43-33(23-27-9-5-3-6-10-27)40(48)44-34(24-28-11-7-4-8-12-28)41(49)45-22-21-42-20-19-31(46)25-36(42)52-38-35(51-2)18-15-30(26-45)37(38)42/h3-20,31,33-34,36,46H,21-26H2,1-2H3,(H,43,47)(H,44,48)/t31-,33?,34-,36-,42-/m0/s1. The summed E-state index contributed by atoms with van der Waals surface area (Å²) in [5, 5.41) is 16.5. The van der Waals surface area contributed by atoms with Gasteiger partial charge in [0.1, 0.15) is 23.9 Å². The van der Waals surface area contributed by atoms with Gasteiger partial charge in [0.2, 0.25) is 11.8 Å². The lowest BCUT2D eigenvalue weighted by atomic mass is 9.69. The number of hydrogen-bond acceptors (Lipinski definition) is 7. The molecule has 0 radical (unpaired) electrons. The minimum Gasteiger partial charge on any atom is -0.497 e. The third-order valence-corrected chi connectivity index (χ3v) is 10.4. The van der Waals surface area contributed by atoms with Crippen LogP contribution in [-0.4, -0.2) is 72.8 Å². The first-order chi connectivity index (χ1) is 25.3. The minimum absolute atomic E-state index is 0.227. The summed E-state index contributed by atoms with van der Waals surface area (Å²) in [6.45, 7) is 0.709. The molecule has 0 saturated carbocycles. The summed E-state index contributed by atoms with van der Waals surface area (Å²) >= 11 is 0. The Hall–Kier alpha value is -5.61. The van der Waals surface area contributed by atoms with Crippen molar-refractivity contribution in [3.05, 3.63) is 137 Å². The Morgan fingerprint density at radius 3 is 2.19 bits per heavy atom. The van der Waals surface area contributed by atoms with E-state index in [1.165, 1.54) is 0 Å². The molecule has 0 saturated heterocycles. The number of aliphatic hydroxyl groups is 1. The van der Waals surface area contributed by atoms with E-state index in [0.29, 0.717) is 48.7 Å². The van der Waals surface area contributed by atoms with Crippen LogP contribution in [-0.2, 0) is 34.4 Å². The second kappa shape index (κ2) is 14.9. The molecule has 1 spiro atoms. The van der Waals surface area contributed by atoms with Gasteiger partial charge in [0.25, 0.3) is 5.91 Å². The van der Waals surface area contributed by atoms with Crippen LogP contribution in [0.1, 0.15) is 45.5 Å². The average Bonchev–Trinajstić information content (AvgIpc) is 3.41. The highest BCUT2D eigenvalue weighted by Crippen LogP contribution is 2.55. The monoisotopic (exact) mass is 701 g/mol. The molecule has 0 aromatic heterocycles. The molecular formula is C42H43N3O7. The molecule has 1 unspecified atom stereocenters. The lowest BCUT2D eigenvalue weighted by Gasteiger charge is -2.36. The molecule has 2 heterocycles. The highest BCUT2D eigenvalue weighted by Gasteiger charge is 2.53. The van der Waals surface area contributed by atoms with Crippen LogP contribution in [0.3, 0.4) is 0 Å². The predicted octanol–water partition coefficient (Wildman–Crippen LogP) is 4.52. The van der Waals surface area contributed by atoms with E-state index in [2.05, 4.69) is 10.6 Å². The average molecular weight is 702 g/mol. The second-order valence-electron chi connectivity index (χ2n) is 13.6. The highest BCUT2D eigenvalue weighted by molar-refractivity contribution is 5.98. The van der Waals surface area contributed by atoms with E-state index in [1.807, 2.05) is 84.9 Å². The van der Waals surface area contributed by atoms with Crippen molar-refractivity contribution in [3.63, 3.8) is 0 Å². The van der Waals surface area contributed by atoms with Gasteiger partial charge in [-0.1, -0.05) is 78.9 Å². The van der Waals surface area contributed by atoms with Crippen molar-refractivity contribution in [1.82, 2.24) is 15.5 Å². The highest BCUT2D eigenvalue weighted by atomic mass is 16.5. The summed E-state index contributed by atoms with van der Waals surface area (Å²) in [6.07, 6.45) is 4.42. The Kier molecular flexibility index (Phi) is 10.0. The third kappa shape index (κ3) is 6.98. The zero-order valence-corrected chi connectivity index (χ0v) is 29.3. The fourth-order valence-electron chi connectivity index (χ4n) is 7.71. The van der Waals surface area contributed by atoms with Crippen LogP contribution in [0, 0.1) is 0 Å². The summed E-state index contributed by atoms with van der Waals surface area (Å²) in [5.74, 6) is 0.783. The first kappa shape index (κ1) is 34.8. The molecule has 5 atom stereocenters. The van der Waals surface area contributed by atoms with E-state index in [1.54, 1.807) is 43.4 Å². The van der Waals surface area contributed by atoms with Gasteiger partial charge in [0.05, 0.1) is 25.7 Å². The van der Waals surface area contributed by atoms with Crippen LogP contribution in [0.4, 0.5) is 0 Å². The van der Waals surface area contributed by atoms with Crippen molar-refractivity contribution in [1.29, 1.82) is 0 Å². The molecule has 1 aliphatic carbocycles. The van der Waals surface area contributed by atoms with Crippen molar-refractivity contribution in [2.45, 2.75) is 61.9 Å². The van der Waals surface area contributed by atoms with Crippen molar-refractivity contribution < 1.29 is 33.7 Å². The first-order valence-corrected chi connectivity index (χ1v) is 17.6. The molecule has 4 aromatic rings. The Morgan fingerprint density at radius 1 is 0.865 bits per heavy atom. The number of hydrogen-bond donors (Lipinski definition) is 3. The minimum atomic E-state index is -0.964. The van der Waals surface area contributed by atoms with Gasteiger partial charge in [0.15, 0.2) is 11.5 Å². The van der Waals surface area contributed by atoms with Gasteiger partial charge in [-0.25, -0.2) is 0 Å². The molecule has 10 heteroatoms. The van der Waals surface area contributed by atoms with Crippen molar-refractivity contribution in [2.75, 3.05) is 20.8 Å². The number of amides is 3. The Balaban J connectivity index is 1.18. The Bertz CT molecular complexity index is 1950. The van der Waals surface area contributed by atoms with Gasteiger partial charge < -0.3 is 34.9 Å². The fourth-order valence-corrected chi connectivity index (χ4v) is 7.71. The Labute approximate surface area is 303 Å². The van der Waals surface area contributed by atoms with Crippen molar-refractivity contribution in [2.24, 2.45) is 0 Å². The SMILES string of the molecule is COc1ccc(C(=O)NC(Cc2ccccc2)C(=O)N[C@@H](Cc2ccccc2)C(=O)N2CC[C@@]34C=C[C@H](O)C[C@@H]3Oc3c(OC)ccc(c34)C2)cc1. The van der Waals surface area contributed by atoms with Gasteiger partial charge in [-0.3, -0.25) is 14.4 Å². The maximum atomic E-state index is 14.7. The number of aliphatic hydroxyl groups excluding tert-OH is 1. The molecule has 10 nitrogen and oxygen atoms in total. The van der Waals surface area contributed by atoms with Gasteiger partial charge in [0, 0.05) is 43.5 Å². The van der Waals surface area contributed by atoms with E-state index >= 15 is 0 Å². The molecule has 3 aliphatic rings. The number of carbonyl (C=O) groups excluding carboxylic acids is 3. The molecule has 3 N–H and O–H groups in total. The number of nitrogens with one attached hydrogen (secondary N) is 2. The van der Waals surface area contributed by atoms with E-state index in [9.17, 15) is 19.5 Å². The zero-order valence-electron chi connectivity index (χ0n) is 29.3. The van der Waals surface area contributed by atoms with E-state index < -0.39 is 35.4 Å². The van der Waals surface area contributed by atoms with Crippen LogP contribution in [0.15, 0.2) is 109 Å². The number of carbonyl (C=O) groups is 3. The third-order valence-electron chi connectivity index (χ3n) is 10.4. The second-order valence-corrected chi connectivity index (χ2v) is 13.6. The van der Waals surface area contributed by atoms with Crippen LogP contribution < -0.4 is 24.8 Å². The summed E-state index contributed by atoms with van der Waals surface area (Å²) in [4.78, 5) is 44.3. The summed E-state index contributed by atoms with van der Waals surface area (Å²) in [6, 6.07) is 27.7. The molecule has 2 aliphatic heterocycles. The molecule has 4 aromatic carbocycles. The van der Waals surface area contributed by atoms with E-state index in [-0.39, 0.29) is 24.9 Å². The largest absolute Gasteiger partial charge is 0.497 e. The normalized spacial score (nSPS) is 21.0. The number of benzene rings is 4. The molecule has 0 fully saturated rings. The number of methoxy groups -OCH3 is 2. The molecule has 7 rings (SSSR count). The molecule has 52 heavy (non-hydrogen) atoms. The fraction of sp³-hybridized carbons (Fsp3) is 0.310. The van der Waals surface area contributed by atoms with E-state index in [4.69, 9.17) is 14.2 Å². The van der Waals surface area contributed by atoms with E-state index in [0.717, 1.165) is 22.3 Å². The van der Waals surface area contributed by atoms with Crippen LogP contribution in [0.5, 0.6) is 17.2 Å². The maximum Gasteiger partial charge on any atom is 0.251 e. The quantitative estimate of drug-likeness (QED) is 0.196. The van der Waals surface area contributed by atoms with Crippen LogP contribution in [0.25, 0.3) is 0 Å². The number of nitrogens with zero attached hydrogens (tertiary/aromatic N) is 1. The summed E-state index contributed by atoms with van der Waals surface area (Å²) in [5.41, 5.74) is 3.52. The summed E-state index contributed by atoms with van der Waals surface area (Å²) in [7, 11) is 3.16. The zero-order chi connectivity index (χ0) is 36.2. The number of ether oxygens (including phenoxy) is 3. The van der Waals surface area contributed by atoms with Crippen molar-refractivity contribution in [3.8, 4) is 17.2 Å². The molecular weight excluding hydrogens is 658 g/mol. The molecule has 0 bridgehead atoms. The Morgan fingerprint density at radius 2 is 1.54 bits per heavy atom. The van der Waals surface area contributed by atoms with Crippen LogP contribution >= 0.6 is 0 Å². The van der Waals surface area contributed by atoms with Gasteiger partial charge >= 0.3 is 0 Å². The molecule has 268 valence electrons. The van der Waals surface area contributed by atoms with Crippen molar-refractivity contribution >= 4 is 17.7 Å². The maximum absolute atomic E-state index is 14.7. The number of rotatable bonds is 11. The van der Waals surface area contributed by atoms with Gasteiger partial charge in [-0.2, -0.15) is 0 Å². The first-order valence-electron chi connectivity index (χ1n) is 17.6. The molecule has 3 amide bonds. The lowest BCUT2D eigenvalue weighted by Crippen LogP contribution is -2.55. The van der Waals surface area contributed by atoms with Gasteiger partial charge in [-0.15, -0.1) is 0 Å². The smallest absolute Gasteiger partial charge is 0.251 e. The van der Waals surface area contributed by atoms with Gasteiger partial charge in [-0.05, 0) is 53.4 Å². The topological polar surface area (TPSA) is 126 Å². The predicted molar refractivity (Wildman–Crippen MR) is 195 cm³/mol. The summed E-state index contributed by atoms with van der Waals surface area (Å²) < 4.78 is 17.4. The lowest BCUT2D eigenvalue weighted by molar-refractivity contribution is -0.137. The van der Waals surface area contributed by atoms with Crippen LogP contribution in [0.2, 0.25) is 0 Å².